The zero-order valence-electron chi connectivity index (χ0n) is 12.0. The highest BCUT2D eigenvalue weighted by molar-refractivity contribution is 6.29. The van der Waals surface area contributed by atoms with Crippen LogP contribution in [0.25, 0.3) is 5.69 Å². The fraction of sp³-hybridized carbons (Fsp3) is 0.267. The molecule has 0 radical (unpaired) electrons. The highest BCUT2D eigenvalue weighted by Crippen LogP contribution is 2.32. The van der Waals surface area contributed by atoms with E-state index in [2.05, 4.69) is 4.98 Å². The molecule has 3 rings (SSSR count). The van der Waals surface area contributed by atoms with Crippen LogP contribution < -0.4 is 4.90 Å². The van der Waals surface area contributed by atoms with Crippen molar-refractivity contribution in [3.8, 4) is 5.69 Å². The molecule has 114 valence electrons. The minimum atomic E-state index is -0.475. The number of esters is 1. The molecule has 1 aliphatic rings. The second kappa shape index (κ2) is 5.81. The molecule has 1 aliphatic heterocycles. The van der Waals surface area contributed by atoms with Gasteiger partial charge in [0.15, 0.2) is 5.69 Å². The van der Waals surface area contributed by atoms with Crippen molar-refractivity contribution in [1.82, 2.24) is 9.55 Å². The summed E-state index contributed by atoms with van der Waals surface area (Å²) in [7, 11) is 0. The molecule has 2 aromatic rings. The Labute approximate surface area is 132 Å². The molecule has 0 bridgehead atoms. The molecule has 1 aromatic heterocycles. The lowest BCUT2D eigenvalue weighted by Gasteiger charge is -2.29. The number of para-hydroxylation sites is 2. The Bertz CT molecular complexity index is 741. The molecule has 7 heteroatoms. The quantitative estimate of drug-likeness (QED) is 0.642. The summed E-state index contributed by atoms with van der Waals surface area (Å²) in [4.78, 5) is 29.7. The van der Waals surface area contributed by atoms with Gasteiger partial charge in [-0.15, -0.1) is 11.6 Å². The first-order chi connectivity index (χ1) is 10.7. The second-order valence-electron chi connectivity index (χ2n) is 4.74. The number of carbonyl (C=O) groups excluding carboxylic acids is 2. The lowest BCUT2D eigenvalue weighted by Crippen LogP contribution is -2.36. The zero-order valence-corrected chi connectivity index (χ0v) is 12.7. The molecular weight excluding hydrogens is 306 g/mol. The predicted molar refractivity (Wildman–Crippen MR) is 81.4 cm³/mol. The highest BCUT2D eigenvalue weighted by atomic mass is 35.5. The SMILES string of the molecule is CCOC(=O)c1cn2c(n1)CN(C(=O)CCl)c1ccccc1-2. The number of carbonyl (C=O) groups is 2. The molecule has 0 fully saturated rings. The van der Waals surface area contributed by atoms with Gasteiger partial charge in [0, 0.05) is 6.20 Å². The summed E-state index contributed by atoms with van der Waals surface area (Å²) in [5.74, 6) is -0.196. The first-order valence-electron chi connectivity index (χ1n) is 6.86. The molecule has 2 heterocycles. The van der Waals surface area contributed by atoms with Crippen molar-refractivity contribution < 1.29 is 14.3 Å². The fourth-order valence-electron chi connectivity index (χ4n) is 2.46. The minimum Gasteiger partial charge on any atom is -0.461 e. The number of halogens is 1. The zero-order chi connectivity index (χ0) is 15.7. The Kier molecular flexibility index (Phi) is 3.85. The van der Waals surface area contributed by atoms with Crippen molar-refractivity contribution in [2.45, 2.75) is 13.5 Å². The molecule has 1 aromatic carbocycles. The second-order valence-corrected chi connectivity index (χ2v) is 5.00. The number of imidazole rings is 1. The van der Waals surface area contributed by atoms with E-state index in [1.807, 2.05) is 24.3 Å². The van der Waals surface area contributed by atoms with Crippen LogP contribution in [0.1, 0.15) is 23.2 Å². The van der Waals surface area contributed by atoms with Gasteiger partial charge in [-0.3, -0.25) is 9.36 Å². The molecular formula is C15H14ClN3O3. The average Bonchev–Trinajstić information content (AvgIpc) is 2.98. The van der Waals surface area contributed by atoms with Crippen LogP contribution >= 0.6 is 11.6 Å². The summed E-state index contributed by atoms with van der Waals surface area (Å²) >= 11 is 5.68. The monoisotopic (exact) mass is 319 g/mol. The highest BCUT2D eigenvalue weighted by Gasteiger charge is 2.28. The number of hydrogen-bond donors (Lipinski definition) is 0. The molecule has 0 spiro atoms. The molecule has 0 aliphatic carbocycles. The summed E-state index contributed by atoms with van der Waals surface area (Å²) in [5.41, 5.74) is 1.76. The Morgan fingerprint density at radius 3 is 2.73 bits per heavy atom. The maximum Gasteiger partial charge on any atom is 0.358 e. The normalized spacial score (nSPS) is 12.5. The number of aromatic nitrogens is 2. The van der Waals surface area contributed by atoms with Gasteiger partial charge in [0.05, 0.1) is 24.5 Å². The van der Waals surface area contributed by atoms with E-state index in [1.54, 1.807) is 22.6 Å². The van der Waals surface area contributed by atoms with E-state index in [1.165, 1.54) is 0 Å². The van der Waals surface area contributed by atoms with Crippen molar-refractivity contribution >= 4 is 29.2 Å². The van der Waals surface area contributed by atoms with Crippen molar-refractivity contribution in [2.24, 2.45) is 0 Å². The lowest BCUT2D eigenvalue weighted by atomic mass is 10.2. The number of alkyl halides is 1. The van der Waals surface area contributed by atoms with Crippen LogP contribution in [0.5, 0.6) is 0 Å². The number of nitrogens with zero attached hydrogens (tertiary/aromatic N) is 3. The van der Waals surface area contributed by atoms with Crippen molar-refractivity contribution in [3.05, 3.63) is 42.0 Å². The van der Waals surface area contributed by atoms with Gasteiger partial charge in [0.1, 0.15) is 11.7 Å². The van der Waals surface area contributed by atoms with Crippen LogP contribution in [-0.2, 0) is 16.1 Å². The summed E-state index contributed by atoms with van der Waals surface area (Å²) in [6, 6.07) is 7.42. The molecule has 1 amide bonds. The van der Waals surface area contributed by atoms with E-state index in [4.69, 9.17) is 16.3 Å². The van der Waals surface area contributed by atoms with E-state index in [-0.39, 0.29) is 30.6 Å². The third kappa shape index (κ3) is 2.35. The number of amides is 1. The van der Waals surface area contributed by atoms with Crippen LogP contribution in [0.2, 0.25) is 0 Å². The van der Waals surface area contributed by atoms with Gasteiger partial charge >= 0.3 is 5.97 Å². The van der Waals surface area contributed by atoms with E-state index in [0.717, 1.165) is 11.4 Å². The minimum absolute atomic E-state index is 0.111. The van der Waals surface area contributed by atoms with Crippen LogP contribution in [0.3, 0.4) is 0 Å². The van der Waals surface area contributed by atoms with Gasteiger partial charge in [0.25, 0.3) is 0 Å². The number of rotatable bonds is 3. The van der Waals surface area contributed by atoms with Gasteiger partial charge < -0.3 is 9.64 Å². The van der Waals surface area contributed by atoms with Crippen LogP contribution in [0, 0.1) is 0 Å². The van der Waals surface area contributed by atoms with Crippen molar-refractivity contribution in [1.29, 1.82) is 0 Å². The Morgan fingerprint density at radius 2 is 2.05 bits per heavy atom. The lowest BCUT2D eigenvalue weighted by molar-refractivity contribution is -0.116. The molecule has 0 atom stereocenters. The number of ether oxygens (including phenoxy) is 1. The van der Waals surface area contributed by atoms with Gasteiger partial charge in [-0.25, -0.2) is 9.78 Å². The van der Waals surface area contributed by atoms with Crippen molar-refractivity contribution in [2.75, 3.05) is 17.4 Å². The van der Waals surface area contributed by atoms with Crippen LogP contribution in [-0.4, -0.2) is 33.9 Å². The largest absolute Gasteiger partial charge is 0.461 e. The Balaban J connectivity index is 2.08. The molecule has 0 saturated heterocycles. The fourth-order valence-corrected chi connectivity index (χ4v) is 2.60. The number of hydrogen-bond acceptors (Lipinski definition) is 4. The number of fused-ring (bicyclic) bond motifs is 3. The average molecular weight is 320 g/mol. The van der Waals surface area contributed by atoms with Gasteiger partial charge in [0.2, 0.25) is 5.91 Å². The maximum atomic E-state index is 12.0. The molecule has 0 unspecified atom stereocenters. The third-order valence-corrected chi connectivity index (χ3v) is 3.64. The van der Waals surface area contributed by atoms with Gasteiger partial charge in [-0.05, 0) is 19.1 Å². The smallest absolute Gasteiger partial charge is 0.358 e. The Hall–Kier alpha value is -2.34. The van der Waals surface area contributed by atoms with Crippen LogP contribution in [0.4, 0.5) is 5.69 Å². The third-order valence-electron chi connectivity index (χ3n) is 3.41. The van der Waals surface area contributed by atoms with E-state index in [9.17, 15) is 9.59 Å². The summed E-state index contributed by atoms with van der Waals surface area (Å²) in [6.45, 7) is 2.29. The number of benzene rings is 1. The van der Waals surface area contributed by atoms with E-state index in [0.29, 0.717) is 5.82 Å². The Morgan fingerprint density at radius 1 is 1.32 bits per heavy atom. The predicted octanol–water partition coefficient (Wildman–Crippen LogP) is 2.13. The van der Waals surface area contributed by atoms with Gasteiger partial charge in [-0.1, -0.05) is 12.1 Å². The van der Waals surface area contributed by atoms with E-state index < -0.39 is 5.97 Å². The van der Waals surface area contributed by atoms with E-state index >= 15 is 0 Å². The van der Waals surface area contributed by atoms with Gasteiger partial charge in [-0.2, -0.15) is 0 Å². The van der Waals surface area contributed by atoms with Crippen molar-refractivity contribution in [3.63, 3.8) is 0 Å². The molecule has 0 N–H and O–H groups in total. The van der Waals surface area contributed by atoms with Crippen LogP contribution in [0.15, 0.2) is 30.5 Å². The molecule has 0 saturated carbocycles. The standard InChI is InChI=1S/C15H14ClN3O3/c1-2-22-15(21)10-8-18-11-5-3-4-6-12(11)19(14(20)7-16)9-13(18)17-10/h3-6,8H,2,7,9H2,1H3. The summed E-state index contributed by atoms with van der Waals surface area (Å²) in [6.07, 6.45) is 1.63. The maximum absolute atomic E-state index is 12.0. The molecule has 22 heavy (non-hydrogen) atoms. The molecule has 6 nitrogen and oxygen atoms in total. The number of anilines is 1. The topological polar surface area (TPSA) is 64.4 Å². The summed E-state index contributed by atoms with van der Waals surface area (Å²) in [5, 5.41) is 0. The first-order valence-corrected chi connectivity index (χ1v) is 7.40. The summed E-state index contributed by atoms with van der Waals surface area (Å²) < 4.78 is 6.78. The first kappa shape index (κ1) is 14.6.